The number of halogens is 3. The zero-order valence-electron chi connectivity index (χ0n) is 13.1. The Hall–Kier alpha value is -2.66. The first-order chi connectivity index (χ1) is 12.0. The molecular formula is C19H15ClF2N2O. The van der Waals surface area contributed by atoms with Crippen LogP contribution in [0.1, 0.15) is 18.0 Å². The number of rotatable bonds is 5. The first-order valence-electron chi connectivity index (χ1n) is 7.66. The van der Waals surface area contributed by atoms with Crippen LogP contribution < -0.4 is 5.32 Å². The lowest BCUT2D eigenvalue weighted by Gasteiger charge is -2.19. The first-order valence-corrected chi connectivity index (χ1v) is 8.03. The summed E-state index contributed by atoms with van der Waals surface area (Å²) in [7, 11) is 0. The summed E-state index contributed by atoms with van der Waals surface area (Å²) in [5.74, 6) is -1.37. The normalized spacial score (nSPS) is 12.0. The molecule has 2 aromatic carbocycles. The van der Waals surface area contributed by atoms with Gasteiger partial charge in [0.1, 0.15) is 11.6 Å². The Kier molecular flexibility index (Phi) is 5.14. The number of anilines is 1. The minimum atomic E-state index is -0.607. The van der Waals surface area contributed by atoms with Gasteiger partial charge in [0.15, 0.2) is 0 Å². The smallest absolute Gasteiger partial charge is 0.226 e. The van der Waals surface area contributed by atoms with Gasteiger partial charge in [-0.3, -0.25) is 4.79 Å². The fraction of sp³-hybridized carbons (Fsp3) is 0.105. The molecule has 3 nitrogen and oxygen atoms in total. The topological polar surface area (TPSA) is 34.0 Å². The van der Waals surface area contributed by atoms with Crippen LogP contribution in [0.4, 0.5) is 14.5 Å². The van der Waals surface area contributed by atoms with Crippen molar-refractivity contribution in [3.63, 3.8) is 0 Å². The number of carbonyl (C=O) groups excluding carboxylic acids is 1. The van der Waals surface area contributed by atoms with E-state index in [9.17, 15) is 13.6 Å². The molecule has 3 aromatic rings. The number of nitrogens with one attached hydrogen (secondary N) is 1. The molecule has 128 valence electrons. The van der Waals surface area contributed by atoms with Gasteiger partial charge in [-0.15, -0.1) is 0 Å². The molecule has 0 bridgehead atoms. The number of amides is 1. The van der Waals surface area contributed by atoms with Crippen molar-refractivity contribution in [3.05, 3.63) is 89.2 Å². The van der Waals surface area contributed by atoms with Crippen molar-refractivity contribution in [3.8, 4) is 0 Å². The van der Waals surface area contributed by atoms with E-state index in [1.807, 2.05) is 16.7 Å². The number of carbonyl (C=O) groups is 1. The maximum absolute atomic E-state index is 13.8. The highest BCUT2D eigenvalue weighted by atomic mass is 35.5. The molecule has 0 unspecified atom stereocenters. The van der Waals surface area contributed by atoms with Crippen LogP contribution in [0.5, 0.6) is 0 Å². The average Bonchev–Trinajstić information content (AvgIpc) is 3.09. The Morgan fingerprint density at radius 3 is 2.52 bits per heavy atom. The molecule has 1 atom stereocenters. The predicted molar refractivity (Wildman–Crippen MR) is 93.6 cm³/mol. The number of aromatic nitrogens is 1. The summed E-state index contributed by atoms with van der Waals surface area (Å²) in [4.78, 5) is 12.4. The Morgan fingerprint density at radius 2 is 1.84 bits per heavy atom. The molecule has 0 aliphatic rings. The van der Waals surface area contributed by atoms with Crippen molar-refractivity contribution >= 4 is 23.2 Å². The summed E-state index contributed by atoms with van der Waals surface area (Å²) in [6, 6.07) is 13.4. The maximum atomic E-state index is 13.8. The fourth-order valence-electron chi connectivity index (χ4n) is 2.63. The zero-order valence-corrected chi connectivity index (χ0v) is 13.9. The molecule has 3 rings (SSSR count). The second-order valence-electron chi connectivity index (χ2n) is 5.58. The lowest BCUT2D eigenvalue weighted by molar-refractivity contribution is -0.116. The minimum absolute atomic E-state index is 0.0280. The third-order valence-electron chi connectivity index (χ3n) is 3.80. The van der Waals surface area contributed by atoms with Gasteiger partial charge in [0.05, 0.1) is 18.2 Å². The van der Waals surface area contributed by atoms with Crippen molar-refractivity contribution in [1.29, 1.82) is 0 Å². The molecule has 0 saturated carbocycles. The van der Waals surface area contributed by atoms with E-state index < -0.39 is 11.9 Å². The molecule has 0 fully saturated rings. The van der Waals surface area contributed by atoms with E-state index in [4.69, 9.17) is 11.6 Å². The Bertz CT molecular complexity index is 881. The van der Waals surface area contributed by atoms with Crippen LogP contribution in [0.25, 0.3) is 0 Å². The average molecular weight is 361 g/mol. The monoisotopic (exact) mass is 360 g/mol. The summed E-state index contributed by atoms with van der Waals surface area (Å²) in [6.07, 6.45) is 3.62. The van der Waals surface area contributed by atoms with Gasteiger partial charge in [-0.25, -0.2) is 8.78 Å². The largest absolute Gasteiger partial charge is 0.346 e. The molecule has 1 amide bonds. The van der Waals surface area contributed by atoms with Crippen LogP contribution in [-0.2, 0) is 4.79 Å². The van der Waals surface area contributed by atoms with E-state index in [0.29, 0.717) is 5.56 Å². The van der Waals surface area contributed by atoms with E-state index in [-0.39, 0.29) is 28.9 Å². The lowest BCUT2D eigenvalue weighted by atomic mass is 10.0. The number of hydrogen-bond donors (Lipinski definition) is 1. The predicted octanol–water partition coefficient (Wildman–Crippen LogP) is 5.04. The third kappa shape index (κ3) is 4.25. The van der Waals surface area contributed by atoms with Gasteiger partial charge in [-0.1, -0.05) is 23.7 Å². The lowest BCUT2D eigenvalue weighted by Crippen LogP contribution is -2.20. The van der Waals surface area contributed by atoms with Crippen molar-refractivity contribution in [2.75, 3.05) is 5.32 Å². The summed E-state index contributed by atoms with van der Waals surface area (Å²) in [5, 5.41) is 2.78. The van der Waals surface area contributed by atoms with Crippen LogP contribution in [0, 0.1) is 11.6 Å². The van der Waals surface area contributed by atoms with Crippen LogP contribution >= 0.6 is 11.6 Å². The van der Waals surface area contributed by atoms with Crippen molar-refractivity contribution in [1.82, 2.24) is 4.57 Å². The number of benzene rings is 2. The van der Waals surface area contributed by atoms with Gasteiger partial charge in [-0.05, 0) is 48.0 Å². The minimum Gasteiger partial charge on any atom is -0.346 e. The van der Waals surface area contributed by atoms with Gasteiger partial charge in [0.2, 0.25) is 5.91 Å². The Balaban J connectivity index is 1.82. The molecule has 1 heterocycles. The highest BCUT2D eigenvalue weighted by Crippen LogP contribution is 2.25. The van der Waals surface area contributed by atoms with E-state index in [1.165, 1.54) is 24.3 Å². The van der Waals surface area contributed by atoms with Crippen molar-refractivity contribution in [2.45, 2.75) is 12.5 Å². The second-order valence-corrected chi connectivity index (χ2v) is 6.01. The maximum Gasteiger partial charge on any atom is 0.226 e. The van der Waals surface area contributed by atoms with Crippen LogP contribution in [-0.4, -0.2) is 10.5 Å². The van der Waals surface area contributed by atoms with E-state index in [1.54, 1.807) is 24.5 Å². The highest BCUT2D eigenvalue weighted by molar-refractivity contribution is 6.30. The zero-order chi connectivity index (χ0) is 17.8. The van der Waals surface area contributed by atoms with E-state index in [2.05, 4.69) is 5.32 Å². The molecule has 0 aliphatic heterocycles. The van der Waals surface area contributed by atoms with Gasteiger partial charge in [0.25, 0.3) is 0 Å². The van der Waals surface area contributed by atoms with Crippen molar-refractivity contribution < 1.29 is 13.6 Å². The van der Waals surface area contributed by atoms with Crippen molar-refractivity contribution in [2.24, 2.45) is 0 Å². The molecule has 1 aromatic heterocycles. The number of nitrogens with zero attached hydrogens (tertiary/aromatic N) is 1. The summed E-state index contributed by atoms with van der Waals surface area (Å²) >= 11 is 5.71. The van der Waals surface area contributed by atoms with E-state index >= 15 is 0 Å². The van der Waals surface area contributed by atoms with Crippen LogP contribution in [0.2, 0.25) is 5.02 Å². The summed E-state index contributed by atoms with van der Waals surface area (Å²) < 4.78 is 29.2. The SMILES string of the molecule is O=C(C[C@@H](c1cccc(F)c1)n1cccc1)Nc1ccc(Cl)cc1F. The third-order valence-corrected chi connectivity index (χ3v) is 4.04. The van der Waals surface area contributed by atoms with E-state index in [0.717, 1.165) is 6.07 Å². The molecule has 25 heavy (non-hydrogen) atoms. The Labute approximate surface area is 148 Å². The quantitative estimate of drug-likeness (QED) is 0.679. The molecule has 0 spiro atoms. The summed E-state index contributed by atoms with van der Waals surface area (Å²) in [5.41, 5.74) is 0.711. The Morgan fingerprint density at radius 1 is 1.08 bits per heavy atom. The summed E-state index contributed by atoms with van der Waals surface area (Å²) in [6.45, 7) is 0. The van der Waals surface area contributed by atoms with Gasteiger partial charge < -0.3 is 9.88 Å². The van der Waals surface area contributed by atoms with Gasteiger partial charge in [-0.2, -0.15) is 0 Å². The molecule has 0 saturated heterocycles. The highest BCUT2D eigenvalue weighted by Gasteiger charge is 2.19. The molecule has 1 N–H and O–H groups in total. The molecule has 0 aliphatic carbocycles. The molecule has 6 heteroatoms. The fourth-order valence-corrected chi connectivity index (χ4v) is 2.79. The molecular weight excluding hydrogens is 346 g/mol. The van der Waals surface area contributed by atoms with Gasteiger partial charge in [0, 0.05) is 17.4 Å². The molecule has 0 radical (unpaired) electrons. The van der Waals surface area contributed by atoms with Gasteiger partial charge >= 0.3 is 0 Å². The second kappa shape index (κ2) is 7.49. The first kappa shape index (κ1) is 17.2. The number of hydrogen-bond acceptors (Lipinski definition) is 1. The van der Waals surface area contributed by atoms with Crippen LogP contribution in [0.15, 0.2) is 67.0 Å². The standard InChI is InChI=1S/C19H15ClF2N2O/c20-14-6-7-17(16(22)11-14)23-19(25)12-18(24-8-1-2-9-24)13-4-3-5-15(21)10-13/h1-11,18H,12H2,(H,23,25)/t18-/m0/s1. The van der Waals surface area contributed by atoms with Crippen LogP contribution in [0.3, 0.4) is 0 Å².